The zero-order chi connectivity index (χ0) is 13.5. The van der Waals surface area contributed by atoms with Crippen LogP contribution in [0.3, 0.4) is 0 Å². The van der Waals surface area contributed by atoms with Crippen LogP contribution in [-0.4, -0.2) is 45.9 Å². The number of ether oxygens (including phenoxy) is 2. The van der Waals surface area contributed by atoms with E-state index in [1.165, 1.54) is 5.56 Å². The van der Waals surface area contributed by atoms with Gasteiger partial charge >= 0.3 is 0 Å². The van der Waals surface area contributed by atoms with Gasteiger partial charge in [0.15, 0.2) is 5.96 Å². The van der Waals surface area contributed by atoms with Gasteiger partial charge in [0.2, 0.25) is 0 Å². The van der Waals surface area contributed by atoms with Gasteiger partial charge in [-0.15, -0.1) is 0 Å². The molecule has 1 aromatic carbocycles. The summed E-state index contributed by atoms with van der Waals surface area (Å²) in [7, 11) is 3.44. The van der Waals surface area contributed by atoms with Gasteiger partial charge in [-0.1, -0.05) is 18.2 Å². The fraction of sp³-hybridized carbons (Fsp3) is 0.500. The van der Waals surface area contributed by atoms with E-state index in [-0.39, 0.29) is 6.10 Å². The molecule has 0 spiro atoms. The molecule has 1 aliphatic heterocycles. The van der Waals surface area contributed by atoms with Crippen molar-refractivity contribution in [2.45, 2.75) is 12.5 Å². The Hall–Kier alpha value is -1.75. The van der Waals surface area contributed by atoms with E-state index < -0.39 is 0 Å². The molecular weight excluding hydrogens is 242 g/mol. The SMILES string of the molecule is CN=C(NCCOC)NCC1Cc2ccccc2O1. The number of para-hydroxylation sites is 1. The van der Waals surface area contributed by atoms with Gasteiger partial charge in [-0.3, -0.25) is 4.99 Å². The predicted octanol–water partition coefficient (Wildman–Crippen LogP) is 0.802. The molecule has 2 rings (SSSR count). The minimum atomic E-state index is 0.165. The predicted molar refractivity (Wildman–Crippen MR) is 75.8 cm³/mol. The van der Waals surface area contributed by atoms with Crippen LogP contribution >= 0.6 is 0 Å². The fourth-order valence-electron chi connectivity index (χ4n) is 2.07. The third-order valence-electron chi connectivity index (χ3n) is 3.03. The van der Waals surface area contributed by atoms with Gasteiger partial charge in [-0.05, 0) is 11.6 Å². The molecule has 1 atom stereocenters. The molecule has 0 aliphatic carbocycles. The van der Waals surface area contributed by atoms with E-state index in [4.69, 9.17) is 9.47 Å². The van der Waals surface area contributed by atoms with Crippen LogP contribution in [0, 0.1) is 0 Å². The largest absolute Gasteiger partial charge is 0.488 e. The molecule has 104 valence electrons. The summed E-state index contributed by atoms with van der Waals surface area (Å²) in [6.07, 6.45) is 1.11. The lowest BCUT2D eigenvalue weighted by Crippen LogP contribution is -2.43. The average Bonchev–Trinajstić information content (AvgIpc) is 2.85. The molecule has 0 aromatic heterocycles. The molecule has 1 aliphatic rings. The second-order valence-electron chi connectivity index (χ2n) is 4.42. The van der Waals surface area contributed by atoms with Gasteiger partial charge in [0.25, 0.3) is 0 Å². The minimum Gasteiger partial charge on any atom is -0.488 e. The van der Waals surface area contributed by atoms with E-state index >= 15 is 0 Å². The summed E-state index contributed by atoms with van der Waals surface area (Å²) >= 11 is 0. The molecular formula is C14H21N3O2. The Kier molecular flexibility index (Phi) is 5.03. The van der Waals surface area contributed by atoms with Gasteiger partial charge in [-0.25, -0.2) is 0 Å². The number of fused-ring (bicyclic) bond motifs is 1. The lowest BCUT2D eigenvalue weighted by molar-refractivity contribution is 0.203. The molecule has 2 N–H and O–H groups in total. The highest BCUT2D eigenvalue weighted by Gasteiger charge is 2.22. The normalized spacial score (nSPS) is 17.8. The Balaban J connectivity index is 1.75. The van der Waals surface area contributed by atoms with Crippen LogP contribution in [-0.2, 0) is 11.2 Å². The molecule has 5 heteroatoms. The highest BCUT2D eigenvalue weighted by Crippen LogP contribution is 2.27. The maximum absolute atomic E-state index is 5.86. The van der Waals surface area contributed by atoms with Crippen molar-refractivity contribution in [3.8, 4) is 5.75 Å². The summed E-state index contributed by atoms with van der Waals surface area (Å²) in [6.45, 7) is 2.13. The number of guanidine groups is 1. The van der Waals surface area contributed by atoms with Crippen molar-refractivity contribution < 1.29 is 9.47 Å². The second-order valence-corrected chi connectivity index (χ2v) is 4.42. The molecule has 0 radical (unpaired) electrons. The van der Waals surface area contributed by atoms with Crippen molar-refractivity contribution in [1.29, 1.82) is 0 Å². The molecule has 0 saturated heterocycles. The highest BCUT2D eigenvalue weighted by molar-refractivity contribution is 5.79. The Bertz CT molecular complexity index is 409. The van der Waals surface area contributed by atoms with Crippen molar-refractivity contribution >= 4 is 5.96 Å². The number of nitrogens with zero attached hydrogens (tertiary/aromatic N) is 1. The van der Waals surface area contributed by atoms with Crippen molar-refractivity contribution in [3.05, 3.63) is 29.8 Å². The molecule has 1 aromatic rings. The summed E-state index contributed by atoms with van der Waals surface area (Å²) in [5, 5.41) is 6.44. The van der Waals surface area contributed by atoms with E-state index in [1.807, 2.05) is 18.2 Å². The number of nitrogens with one attached hydrogen (secondary N) is 2. The zero-order valence-electron chi connectivity index (χ0n) is 11.5. The van der Waals surface area contributed by atoms with Crippen molar-refractivity contribution in [2.75, 3.05) is 33.9 Å². The molecule has 1 unspecified atom stereocenters. The smallest absolute Gasteiger partial charge is 0.191 e. The van der Waals surface area contributed by atoms with Gasteiger partial charge in [0.05, 0.1) is 13.2 Å². The highest BCUT2D eigenvalue weighted by atomic mass is 16.5. The van der Waals surface area contributed by atoms with Crippen LogP contribution < -0.4 is 15.4 Å². The second kappa shape index (κ2) is 6.99. The standard InChI is InChI=1S/C14H21N3O2/c1-15-14(16-7-8-18-2)17-10-12-9-11-5-3-4-6-13(11)19-12/h3-6,12H,7-10H2,1-2H3,(H2,15,16,17). The Morgan fingerprint density at radius 2 is 2.26 bits per heavy atom. The number of rotatable bonds is 5. The molecule has 0 amide bonds. The van der Waals surface area contributed by atoms with Crippen molar-refractivity contribution in [1.82, 2.24) is 10.6 Å². The van der Waals surface area contributed by atoms with Crippen LogP contribution in [0.25, 0.3) is 0 Å². The lowest BCUT2D eigenvalue weighted by Gasteiger charge is -2.15. The third-order valence-corrected chi connectivity index (χ3v) is 3.03. The number of hydrogen-bond acceptors (Lipinski definition) is 3. The molecule has 0 saturated carbocycles. The zero-order valence-corrected chi connectivity index (χ0v) is 11.5. The molecule has 5 nitrogen and oxygen atoms in total. The van der Waals surface area contributed by atoms with Crippen LogP contribution in [0.1, 0.15) is 5.56 Å². The van der Waals surface area contributed by atoms with E-state index in [0.717, 1.165) is 31.2 Å². The van der Waals surface area contributed by atoms with Gasteiger partial charge in [0.1, 0.15) is 11.9 Å². The Morgan fingerprint density at radius 1 is 1.42 bits per heavy atom. The first-order valence-electron chi connectivity index (χ1n) is 6.51. The molecule has 0 fully saturated rings. The summed E-state index contributed by atoms with van der Waals surface area (Å²) in [6, 6.07) is 8.17. The van der Waals surface area contributed by atoms with E-state index in [0.29, 0.717) is 6.61 Å². The monoisotopic (exact) mass is 263 g/mol. The van der Waals surface area contributed by atoms with E-state index in [9.17, 15) is 0 Å². The first-order chi connectivity index (χ1) is 9.33. The van der Waals surface area contributed by atoms with Crippen molar-refractivity contribution in [2.24, 2.45) is 4.99 Å². The number of methoxy groups -OCH3 is 1. The first kappa shape index (κ1) is 13.7. The van der Waals surface area contributed by atoms with Crippen LogP contribution in [0.4, 0.5) is 0 Å². The minimum absolute atomic E-state index is 0.165. The Labute approximate surface area is 114 Å². The van der Waals surface area contributed by atoms with E-state index in [2.05, 4.69) is 21.7 Å². The molecule has 1 heterocycles. The topological polar surface area (TPSA) is 54.9 Å². The van der Waals surface area contributed by atoms with Crippen LogP contribution in [0.2, 0.25) is 0 Å². The maximum atomic E-state index is 5.86. The van der Waals surface area contributed by atoms with Crippen molar-refractivity contribution in [3.63, 3.8) is 0 Å². The first-order valence-corrected chi connectivity index (χ1v) is 6.51. The van der Waals surface area contributed by atoms with Gasteiger partial charge in [0, 0.05) is 27.1 Å². The number of benzene rings is 1. The van der Waals surface area contributed by atoms with Crippen LogP contribution in [0.5, 0.6) is 5.75 Å². The molecule has 19 heavy (non-hydrogen) atoms. The average molecular weight is 263 g/mol. The van der Waals surface area contributed by atoms with E-state index in [1.54, 1.807) is 14.2 Å². The van der Waals surface area contributed by atoms with Crippen LogP contribution in [0.15, 0.2) is 29.3 Å². The fourth-order valence-corrected chi connectivity index (χ4v) is 2.07. The molecule has 0 bridgehead atoms. The quantitative estimate of drug-likeness (QED) is 0.469. The summed E-state index contributed by atoms with van der Waals surface area (Å²) < 4.78 is 10.8. The Morgan fingerprint density at radius 3 is 3.00 bits per heavy atom. The number of hydrogen-bond donors (Lipinski definition) is 2. The summed E-state index contributed by atoms with van der Waals surface area (Å²) in [4.78, 5) is 4.15. The summed E-state index contributed by atoms with van der Waals surface area (Å²) in [5.74, 6) is 1.77. The lowest BCUT2D eigenvalue weighted by atomic mass is 10.1. The number of aliphatic imine (C=N–C) groups is 1. The van der Waals surface area contributed by atoms with Gasteiger partial charge in [-0.2, -0.15) is 0 Å². The van der Waals surface area contributed by atoms with Gasteiger partial charge < -0.3 is 20.1 Å². The maximum Gasteiger partial charge on any atom is 0.191 e. The third kappa shape index (κ3) is 3.86. The summed E-state index contributed by atoms with van der Waals surface area (Å²) in [5.41, 5.74) is 1.27.